The molecule has 53 heavy (non-hydrogen) atoms. The minimum absolute atomic E-state index is 0. The van der Waals surface area contributed by atoms with E-state index in [0.29, 0.717) is 0 Å². The minimum Gasteiger partial charge on any atom is -0.305 e. The molecule has 0 spiro atoms. The zero-order chi connectivity index (χ0) is 37.3. The fourth-order valence-electron chi connectivity index (χ4n) is 6.86. The van der Waals surface area contributed by atoms with E-state index in [1.165, 1.54) is 53.2 Å². The van der Waals surface area contributed by atoms with Gasteiger partial charge in [-0.3, -0.25) is 0 Å². The van der Waals surface area contributed by atoms with Crippen LogP contribution in [0, 0.1) is 29.9 Å². The Labute approximate surface area is 336 Å². The Morgan fingerprint density at radius 2 is 1.32 bits per heavy atom. The number of rotatable bonds is 6. The van der Waals surface area contributed by atoms with Gasteiger partial charge >= 0.3 is 0 Å². The van der Waals surface area contributed by atoms with Gasteiger partial charge < -0.3 is 9.97 Å². The molecule has 0 aliphatic rings. The summed E-state index contributed by atoms with van der Waals surface area (Å²) >= 11 is 1.84. The Bertz CT molecular complexity index is 2310. The van der Waals surface area contributed by atoms with Crippen molar-refractivity contribution in [2.24, 2.45) is 10.8 Å². The maximum absolute atomic E-state index is 4.84. The van der Waals surface area contributed by atoms with Crippen molar-refractivity contribution < 1.29 is 20.1 Å². The first-order valence-corrected chi connectivity index (χ1v) is 22.7. The number of pyridine rings is 2. The van der Waals surface area contributed by atoms with Gasteiger partial charge in [0.15, 0.2) is 0 Å². The van der Waals surface area contributed by atoms with Crippen molar-refractivity contribution in [3.63, 3.8) is 0 Å². The summed E-state index contributed by atoms with van der Waals surface area (Å²) in [4.78, 5) is 9.55. The first kappa shape index (κ1) is 40.5. The van der Waals surface area contributed by atoms with Gasteiger partial charge in [0.25, 0.3) is 0 Å². The van der Waals surface area contributed by atoms with Crippen molar-refractivity contribution in [3.05, 3.63) is 138 Å². The predicted octanol–water partition coefficient (Wildman–Crippen LogP) is 13.2. The Morgan fingerprint density at radius 3 is 1.98 bits per heavy atom. The van der Waals surface area contributed by atoms with Crippen LogP contribution in [0.15, 0.2) is 109 Å². The summed E-state index contributed by atoms with van der Waals surface area (Å²) in [6, 6.07) is 41.0. The number of benzene rings is 4. The van der Waals surface area contributed by atoms with Crippen LogP contribution in [-0.4, -0.2) is 18.0 Å². The molecule has 0 N–H and O–H groups in total. The van der Waals surface area contributed by atoms with Crippen LogP contribution in [0.25, 0.3) is 53.8 Å². The third-order valence-corrected chi connectivity index (χ3v) is 12.5. The van der Waals surface area contributed by atoms with E-state index in [4.69, 9.17) is 9.97 Å². The summed E-state index contributed by atoms with van der Waals surface area (Å²) in [5, 5.41) is 4.09. The maximum atomic E-state index is 4.84. The summed E-state index contributed by atoms with van der Waals surface area (Å²) in [6.45, 7) is 23.1. The smallest absolute Gasteiger partial charge is 0.0798 e. The molecule has 5 heteroatoms. The number of thiophene rings is 1. The van der Waals surface area contributed by atoms with Crippen LogP contribution in [0.3, 0.4) is 0 Å². The zero-order valence-corrected chi connectivity index (χ0v) is 37.2. The minimum atomic E-state index is -1.37. The van der Waals surface area contributed by atoms with E-state index in [1.807, 2.05) is 35.7 Å². The monoisotopic (exact) mass is 909 g/mol. The van der Waals surface area contributed by atoms with Crippen molar-refractivity contribution in [2.45, 2.75) is 80.9 Å². The van der Waals surface area contributed by atoms with Crippen LogP contribution in [0.1, 0.15) is 58.2 Å². The molecule has 7 rings (SSSR count). The van der Waals surface area contributed by atoms with Gasteiger partial charge in [0.2, 0.25) is 0 Å². The van der Waals surface area contributed by atoms with Crippen LogP contribution < -0.4 is 5.19 Å². The molecule has 0 aliphatic heterocycles. The van der Waals surface area contributed by atoms with Gasteiger partial charge in [-0.15, -0.1) is 53.6 Å². The second-order valence-corrected chi connectivity index (χ2v) is 23.6. The van der Waals surface area contributed by atoms with E-state index in [1.54, 1.807) is 0 Å². The predicted molar refractivity (Wildman–Crippen MR) is 229 cm³/mol. The summed E-state index contributed by atoms with van der Waals surface area (Å²) in [7, 11) is -1.37. The quantitative estimate of drug-likeness (QED) is 0.123. The second-order valence-electron chi connectivity index (χ2n) is 17.5. The van der Waals surface area contributed by atoms with Gasteiger partial charge in [-0.25, -0.2) is 0 Å². The SMILES string of the molecule is CC(C)(C)Cc1cc(-c2[c-]cccc2)ncc1[Si](C)(C)C.Cc1cnc(-c2[c-]cc(-c3ccccc3)c3c2sc2ccccc23)cc1CC(C)(C)C.[Ir]. The van der Waals surface area contributed by atoms with Crippen molar-refractivity contribution in [1.82, 2.24) is 9.97 Å². The van der Waals surface area contributed by atoms with E-state index in [2.05, 4.69) is 165 Å². The maximum Gasteiger partial charge on any atom is 0.0798 e. The van der Waals surface area contributed by atoms with Crippen LogP contribution in [0.4, 0.5) is 0 Å². The molecule has 0 saturated heterocycles. The van der Waals surface area contributed by atoms with Gasteiger partial charge in [0.1, 0.15) is 0 Å². The fraction of sp³-hybridized carbons (Fsp3) is 0.292. The Balaban J connectivity index is 0.000000216. The van der Waals surface area contributed by atoms with Crippen molar-refractivity contribution in [3.8, 4) is 33.6 Å². The van der Waals surface area contributed by atoms with E-state index in [0.717, 1.165) is 35.4 Å². The fourth-order valence-corrected chi connectivity index (χ4v) is 9.67. The molecule has 3 aromatic heterocycles. The van der Waals surface area contributed by atoms with E-state index >= 15 is 0 Å². The van der Waals surface area contributed by atoms with Gasteiger partial charge in [0.05, 0.1) is 8.07 Å². The molecule has 0 unspecified atom stereocenters. The number of hydrogen-bond acceptors (Lipinski definition) is 3. The molecule has 7 aromatic rings. The van der Waals surface area contributed by atoms with Crippen LogP contribution >= 0.6 is 11.3 Å². The molecule has 0 fully saturated rings. The summed E-state index contributed by atoms with van der Waals surface area (Å²) < 4.78 is 2.57. The largest absolute Gasteiger partial charge is 0.305 e. The summed E-state index contributed by atoms with van der Waals surface area (Å²) in [5.41, 5.74) is 11.3. The number of hydrogen-bond donors (Lipinski definition) is 0. The molecule has 0 aliphatic carbocycles. The number of aryl methyl sites for hydroxylation is 1. The van der Waals surface area contributed by atoms with Gasteiger partial charge in [-0.2, -0.15) is 11.3 Å². The van der Waals surface area contributed by atoms with Crippen molar-refractivity contribution in [1.29, 1.82) is 0 Å². The van der Waals surface area contributed by atoms with Crippen LogP contribution in [0.2, 0.25) is 19.6 Å². The van der Waals surface area contributed by atoms with E-state index in [-0.39, 0.29) is 30.9 Å². The molecule has 1 radical (unpaired) electrons. The summed E-state index contributed by atoms with van der Waals surface area (Å²) in [5.74, 6) is 0. The number of aromatic nitrogens is 2. The Kier molecular flexibility index (Phi) is 12.5. The first-order chi connectivity index (χ1) is 24.6. The van der Waals surface area contributed by atoms with Crippen LogP contribution in [0.5, 0.6) is 0 Å². The molecule has 0 atom stereocenters. The molecule has 0 amide bonds. The first-order valence-electron chi connectivity index (χ1n) is 18.4. The summed E-state index contributed by atoms with van der Waals surface area (Å²) in [6.07, 6.45) is 6.26. The molecular weight excluding hydrogens is 857 g/mol. The van der Waals surface area contributed by atoms with E-state index in [9.17, 15) is 0 Å². The van der Waals surface area contributed by atoms with E-state index < -0.39 is 8.07 Å². The zero-order valence-electron chi connectivity index (χ0n) is 32.9. The molecule has 2 nitrogen and oxygen atoms in total. The number of nitrogens with zero attached hydrogens (tertiary/aromatic N) is 2. The van der Waals surface area contributed by atoms with Crippen LogP contribution in [-0.2, 0) is 32.9 Å². The van der Waals surface area contributed by atoms with Gasteiger partial charge in [0, 0.05) is 37.2 Å². The van der Waals surface area contributed by atoms with Crippen molar-refractivity contribution in [2.75, 3.05) is 0 Å². The normalized spacial score (nSPS) is 12.0. The molecule has 0 saturated carbocycles. The van der Waals surface area contributed by atoms with Crippen molar-refractivity contribution >= 4 is 44.8 Å². The third-order valence-electron chi connectivity index (χ3n) is 9.23. The molecule has 275 valence electrons. The second kappa shape index (κ2) is 16.3. The Hall–Kier alpha value is -3.73. The molecule has 3 heterocycles. The molecular formula is C48H52IrN2SSi-2. The van der Waals surface area contributed by atoms with Gasteiger partial charge in [-0.1, -0.05) is 149 Å². The standard InChI is InChI=1S/C29H26NS.C19H26NSi.Ir/c1-19-18-30-25(16-21(19)17-29(2,3)4)23-15-14-22(20-10-6-5-7-11-20)27-24-12-8-9-13-26(24)31-28(23)27;1-19(2,3)13-16-12-17(15-10-8-7-9-11-15)20-14-18(16)21(4,5)6;/h5-14,16,18H,17H2,1-4H3;7-10,12,14H,13H2,1-6H3;/q2*-1;. The number of fused-ring (bicyclic) bond motifs is 3. The Morgan fingerprint density at radius 1 is 0.698 bits per heavy atom. The molecule has 4 aromatic carbocycles. The average Bonchev–Trinajstić information content (AvgIpc) is 3.48. The third kappa shape index (κ3) is 9.88. The topological polar surface area (TPSA) is 25.8 Å². The van der Waals surface area contributed by atoms with Gasteiger partial charge in [-0.05, 0) is 68.9 Å². The average molecular weight is 909 g/mol. The molecule has 0 bridgehead atoms.